The van der Waals surface area contributed by atoms with Gasteiger partial charge in [0.1, 0.15) is 0 Å². The molecule has 1 aliphatic rings. The van der Waals surface area contributed by atoms with Gasteiger partial charge in [0, 0.05) is 18.5 Å². The minimum Gasteiger partial charge on any atom is -0.354 e. The third-order valence-corrected chi connectivity index (χ3v) is 3.17. The van der Waals surface area contributed by atoms with Crippen LogP contribution in [0.4, 0.5) is 0 Å². The van der Waals surface area contributed by atoms with Crippen molar-refractivity contribution in [1.82, 2.24) is 10.6 Å². The minimum absolute atomic E-state index is 0.0913. The maximum absolute atomic E-state index is 11.9. The molecule has 3 heteroatoms. The molecule has 0 atom stereocenters. The maximum atomic E-state index is 11.9. The predicted molar refractivity (Wildman–Crippen MR) is 58.1 cm³/mol. The van der Waals surface area contributed by atoms with E-state index in [2.05, 4.69) is 17.6 Å². The van der Waals surface area contributed by atoms with E-state index < -0.39 is 0 Å². The van der Waals surface area contributed by atoms with Crippen LogP contribution in [0.2, 0.25) is 0 Å². The third-order valence-electron chi connectivity index (χ3n) is 3.17. The van der Waals surface area contributed by atoms with Gasteiger partial charge in [0.15, 0.2) is 0 Å². The molecule has 0 unspecified atom stereocenters. The molecular formula is C11H22N2O. The van der Waals surface area contributed by atoms with E-state index in [0.717, 1.165) is 25.9 Å². The van der Waals surface area contributed by atoms with Crippen LogP contribution in [0.25, 0.3) is 0 Å². The van der Waals surface area contributed by atoms with Gasteiger partial charge in [0.05, 0.1) is 0 Å². The molecule has 0 heterocycles. The Kier molecular flexibility index (Phi) is 4.39. The van der Waals surface area contributed by atoms with Crippen LogP contribution in [0.5, 0.6) is 0 Å². The van der Waals surface area contributed by atoms with Crippen molar-refractivity contribution in [3.63, 3.8) is 0 Å². The molecule has 82 valence electrons. The molecule has 0 aromatic carbocycles. The summed E-state index contributed by atoms with van der Waals surface area (Å²) in [4.78, 5) is 11.9. The average Bonchev–Trinajstić information content (AvgIpc) is 2.19. The Morgan fingerprint density at radius 1 is 1.21 bits per heavy atom. The summed E-state index contributed by atoms with van der Waals surface area (Å²) in [6, 6.07) is 0. The zero-order valence-electron chi connectivity index (χ0n) is 9.36. The Morgan fingerprint density at radius 3 is 2.43 bits per heavy atom. The number of rotatable bonds is 4. The fourth-order valence-corrected chi connectivity index (χ4v) is 2.07. The quantitative estimate of drug-likeness (QED) is 0.668. The van der Waals surface area contributed by atoms with Crippen LogP contribution < -0.4 is 10.6 Å². The van der Waals surface area contributed by atoms with Crippen LogP contribution in [-0.4, -0.2) is 26.0 Å². The smallest absolute Gasteiger partial charge is 0.225 e. The second-order valence-corrected chi connectivity index (χ2v) is 4.48. The number of hydrogen-bond donors (Lipinski definition) is 2. The number of likely N-dealkylation sites (N-methyl/N-ethyl adjacent to an activating group) is 1. The number of carbonyl (C=O) groups is 1. The first-order valence-corrected chi connectivity index (χ1v) is 5.62. The average molecular weight is 198 g/mol. The highest BCUT2D eigenvalue weighted by Crippen LogP contribution is 2.35. The highest BCUT2D eigenvalue weighted by atomic mass is 16.2. The van der Waals surface area contributed by atoms with Gasteiger partial charge in [-0.3, -0.25) is 4.79 Å². The van der Waals surface area contributed by atoms with Crippen molar-refractivity contribution in [2.24, 2.45) is 5.41 Å². The summed E-state index contributed by atoms with van der Waals surface area (Å²) < 4.78 is 0. The number of hydrogen-bond acceptors (Lipinski definition) is 2. The van der Waals surface area contributed by atoms with Crippen molar-refractivity contribution < 1.29 is 4.79 Å². The van der Waals surface area contributed by atoms with Crippen LogP contribution in [-0.2, 0) is 4.79 Å². The summed E-state index contributed by atoms with van der Waals surface area (Å²) >= 11 is 0. The van der Waals surface area contributed by atoms with Gasteiger partial charge < -0.3 is 10.6 Å². The minimum atomic E-state index is -0.0913. The summed E-state index contributed by atoms with van der Waals surface area (Å²) in [6.45, 7) is 3.69. The normalized spacial score (nSPS) is 20.4. The monoisotopic (exact) mass is 198 g/mol. The van der Waals surface area contributed by atoms with Gasteiger partial charge in [-0.1, -0.05) is 26.2 Å². The number of carbonyl (C=O) groups excluding carboxylic acids is 1. The molecule has 1 amide bonds. The summed E-state index contributed by atoms with van der Waals surface area (Å²) in [5.74, 6) is 0.243. The highest BCUT2D eigenvalue weighted by Gasteiger charge is 2.33. The van der Waals surface area contributed by atoms with E-state index in [1.807, 2.05) is 7.05 Å². The molecule has 1 saturated carbocycles. The number of amides is 1. The van der Waals surface area contributed by atoms with Crippen molar-refractivity contribution >= 4 is 5.91 Å². The van der Waals surface area contributed by atoms with E-state index in [-0.39, 0.29) is 11.3 Å². The molecule has 1 rings (SSSR count). The molecule has 0 spiro atoms. The van der Waals surface area contributed by atoms with Crippen molar-refractivity contribution in [1.29, 1.82) is 0 Å². The fraction of sp³-hybridized carbons (Fsp3) is 0.909. The Morgan fingerprint density at radius 2 is 1.86 bits per heavy atom. The second kappa shape index (κ2) is 5.35. The second-order valence-electron chi connectivity index (χ2n) is 4.48. The zero-order valence-corrected chi connectivity index (χ0v) is 9.36. The van der Waals surface area contributed by atoms with Crippen LogP contribution in [0, 0.1) is 5.41 Å². The summed E-state index contributed by atoms with van der Waals surface area (Å²) in [5, 5.41) is 6.02. The SMILES string of the molecule is CNCCNC(=O)C1(C)CCCCC1. The van der Waals surface area contributed by atoms with E-state index in [0.29, 0.717) is 0 Å². The lowest BCUT2D eigenvalue weighted by Crippen LogP contribution is -2.42. The molecule has 0 radical (unpaired) electrons. The predicted octanol–water partition coefficient (Wildman–Crippen LogP) is 1.29. The van der Waals surface area contributed by atoms with Crippen molar-refractivity contribution in [3.05, 3.63) is 0 Å². The van der Waals surface area contributed by atoms with E-state index in [1.165, 1.54) is 19.3 Å². The van der Waals surface area contributed by atoms with Crippen LogP contribution in [0.15, 0.2) is 0 Å². The van der Waals surface area contributed by atoms with Crippen LogP contribution in [0.1, 0.15) is 39.0 Å². The molecule has 0 aromatic rings. The lowest BCUT2D eigenvalue weighted by molar-refractivity contribution is -0.131. The summed E-state index contributed by atoms with van der Waals surface area (Å²) in [7, 11) is 1.90. The van der Waals surface area contributed by atoms with Crippen LogP contribution in [0.3, 0.4) is 0 Å². The summed E-state index contributed by atoms with van der Waals surface area (Å²) in [5.41, 5.74) is -0.0913. The van der Waals surface area contributed by atoms with Crippen LogP contribution >= 0.6 is 0 Å². The van der Waals surface area contributed by atoms with Gasteiger partial charge >= 0.3 is 0 Å². The number of nitrogens with one attached hydrogen (secondary N) is 2. The van der Waals surface area contributed by atoms with E-state index in [9.17, 15) is 4.79 Å². The van der Waals surface area contributed by atoms with Crippen molar-refractivity contribution in [2.45, 2.75) is 39.0 Å². The van der Waals surface area contributed by atoms with Crippen molar-refractivity contribution in [2.75, 3.05) is 20.1 Å². The first-order chi connectivity index (χ1) is 6.69. The van der Waals surface area contributed by atoms with E-state index >= 15 is 0 Å². The Balaban J connectivity index is 2.33. The Labute approximate surface area is 86.6 Å². The summed E-state index contributed by atoms with van der Waals surface area (Å²) in [6.07, 6.45) is 5.81. The van der Waals surface area contributed by atoms with Gasteiger partial charge in [-0.15, -0.1) is 0 Å². The molecule has 1 aliphatic carbocycles. The van der Waals surface area contributed by atoms with Crippen molar-refractivity contribution in [3.8, 4) is 0 Å². The fourth-order valence-electron chi connectivity index (χ4n) is 2.07. The van der Waals surface area contributed by atoms with Gasteiger partial charge in [-0.2, -0.15) is 0 Å². The lowest BCUT2D eigenvalue weighted by atomic mass is 9.75. The highest BCUT2D eigenvalue weighted by molar-refractivity contribution is 5.82. The lowest BCUT2D eigenvalue weighted by Gasteiger charge is -2.32. The largest absolute Gasteiger partial charge is 0.354 e. The maximum Gasteiger partial charge on any atom is 0.225 e. The van der Waals surface area contributed by atoms with Gasteiger partial charge in [0.25, 0.3) is 0 Å². The Hall–Kier alpha value is -0.570. The zero-order chi connectivity index (χ0) is 10.4. The molecule has 2 N–H and O–H groups in total. The molecule has 14 heavy (non-hydrogen) atoms. The third kappa shape index (κ3) is 2.98. The molecule has 0 aliphatic heterocycles. The molecular weight excluding hydrogens is 176 g/mol. The Bertz CT molecular complexity index is 186. The van der Waals surface area contributed by atoms with E-state index in [1.54, 1.807) is 0 Å². The first-order valence-electron chi connectivity index (χ1n) is 5.62. The molecule has 0 saturated heterocycles. The van der Waals surface area contributed by atoms with Gasteiger partial charge in [-0.25, -0.2) is 0 Å². The van der Waals surface area contributed by atoms with Gasteiger partial charge in [0.2, 0.25) is 5.91 Å². The molecule has 0 aromatic heterocycles. The molecule has 1 fully saturated rings. The molecule has 3 nitrogen and oxygen atoms in total. The van der Waals surface area contributed by atoms with Gasteiger partial charge in [-0.05, 0) is 19.9 Å². The first kappa shape index (κ1) is 11.5. The van der Waals surface area contributed by atoms with E-state index in [4.69, 9.17) is 0 Å². The standard InChI is InChI=1S/C11H22N2O/c1-11(6-4-3-5-7-11)10(14)13-9-8-12-2/h12H,3-9H2,1-2H3,(H,13,14). The molecule has 0 bridgehead atoms. The topological polar surface area (TPSA) is 41.1 Å².